The molecule has 5 heteroatoms. The maximum Gasteiger partial charge on any atom is 0.227 e. The number of hydrogen-bond donors (Lipinski definition) is 1. The van der Waals surface area contributed by atoms with E-state index in [0.29, 0.717) is 0 Å². The molecule has 1 aromatic carbocycles. The van der Waals surface area contributed by atoms with Gasteiger partial charge in [0.1, 0.15) is 11.6 Å². The van der Waals surface area contributed by atoms with Crippen molar-refractivity contribution in [3.05, 3.63) is 29.8 Å². The van der Waals surface area contributed by atoms with Crippen LogP contribution in [0.15, 0.2) is 18.2 Å². The molecule has 3 nitrogen and oxygen atoms in total. The van der Waals surface area contributed by atoms with Crippen molar-refractivity contribution in [2.45, 2.75) is 12.8 Å². The number of likely N-dealkylation sites (tertiary alicyclic amines) is 1. The van der Waals surface area contributed by atoms with Gasteiger partial charge in [-0.1, -0.05) is 0 Å². The normalized spacial score (nSPS) is 17.7. The number of rotatable bonds is 2. The summed E-state index contributed by atoms with van der Waals surface area (Å²) in [6.45, 7) is 1.73. The molecule has 1 heterocycles. The van der Waals surface area contributed by atoms with Gasteiger partial charge in [-0.25, -0.2) is 8.78 Å². The van der Waals surface area contributed by atoms with Gasteiger partial charge in [0, 0.05) is 12.0 Å². The lowest BCUT2D eigenvalue weighted by Gasteiger charge is -2.28. The average Bonchev–Trinajstić information content (AvgIpc) is 2.33. The van der Waals surface area contributed by atoms with Crippen LogP contribution in [-0.2, 0) is 4.79 Å². The van der Waals surface area contributed by atoms with Gasteiger partial charge in [-0.05, 0) is 45.1 Å². The molecule has 0 radical (unpaired) electrons. The largest absolute Gasteiger partial charge is 0.323 e. The minimum absolute atomic E-state index is 0.0420. The van der Waals surface area contributed by atoms with Gasteiger partial charge in [0.25, 0.3) is 0 Å². The fraction of sp³-hybridized carbons (Fsp3) is 0.462. The Morgan fingerprint density at radius 3 is 2.61 bits per heavy atom. The molecular weight excluding hydrogens is 238 g/mol. The molecule has 1 fully saturated rings. The average molecular weight is 254 g/mol. The Balaban J connectivity index is 1.98. The number of benzene rings is 1. The Labute approximate surface area is 105 Å². The van der Waals surface area contributed by atoms with E-state index in [0.717, 1.165) is 38.1 Å². The molecule has 0 unspecified atom stereocenters. The van der Waals surface area contributed by atoms with E-state index in [-0.39, 0.29) is 17.5 Å². The lowest BCUT2D eigenvalue weighted by atomic mass is 9.96. The van der Waals surface area contributed by atoms with Crippen LogP contribution < -0.4 is 5.32 Å². The number of carbonyl (C=O) groups excluding carboxylic acids is 1. The van der Waals surface area contributed by atoms with E-state index in [1.165, 1.54) is 6.07 Å². The predicted octanol–water partition coefficient (Wildman–Crippen LogP) is 2.25. The molecule has 98 valence electrons. The number of nitrogens with one attached hydrogen (secondary N) is 1. The third-order valence-electron chi connectivity index (χ3n) is 3.28. The number of amides is 1. The van der Waals surface area contributed by atoms with Crippen LogP contribution in [0.5, 0.6) is 0 Å². The number of hydrogen-bond acceptors (Lipinski definition) is 2. The Hall–Kier alpha value is -1.49. The van der Waals surface area contributed by atoms with E-state index in [2.05, 4.69) is 10.2 Å². The highest BCUT2D eigenvalue weighted by Gasteiger charge is 2.23. The van der Waals surface area contributed by atoms with Crippen molar-refractivity contribution in [3.8, 4) is 0 Å². The highest BCUT2D eigenvalue weighted by atomic mass is 19.1. The first-order chi connectivity index (χ1) is 8.56. The smallest absolute Gasteiger partial charge is 0.227 e. The molecule has 0 atom stereocenters. The van der Waals surface area contributed by atoms with Gasteiger partial charge in [0.2, 0.25) is 5.91 Å². The number of carbonyl (C=O) groups is 1. The summed E-state index contributed by atoms with van der Waals surface area (Å²) in [6.07, 6.45) is 1.54. The Bertz CT molecular complexity index is 443. The van der Waals surface area contributed by atoms with Gasteiger partial charge < -0.3 is 10.2 Å². The summed E-state index contributed by atoms with van der Waals surface area (Å²) in [5.74, 6) is -1.67. The Morgan fingerprint density at radius 1 is 1.33 bits per heavy atom. The van der Waals surface area contributed by atoms with Gasteiger partial charge in [-0.2, -0.15) is 0 Å². The number of anilines is 1. The molecule has 1 saturated heterocycles. The predicted molar refractivity (Wildman–Crippen MR) is 65.2 cm³/mol. The van der Waals surface area contributed by atoms with Gasteiger partial charge in [0.15, 0.2) is 0 Å². The summed E-state index contributed by atoms with van der Waals surface area (Å²) in [5.41, 5.74) is 0.0420. The minimum atomic E-state index is -0.740. The summed E-state index contributed by atoms with van der Waals surface area (Å²) in [7, 11) is 2.01. The third kappa shape index (κ3) is 3.04. The first-order valence-electron chi connectivity index (χ1n) is 6.00. The van der Waals surface area contributed by atoms with Gasteiger partial charge in [-0.15, -0.1) is 0 Å². The number of nitrogens with zero attached hydrogens (tertiary/aromatic N) is 1. The van der Waals surface area contributed by atoms with Gasteiger partial charge in [-0.3, -0.25) is 4.79 Å². The lowest BCUT2D eigenvalue weighted by molar-refractivity contribution is -0.121. The monoisotopic (exact) mass is 254 g/mol. The zero-order valence-corrected chi connectivity index (χ0v) is 10.2. The molecule has 1 aliphatic heterocycles. The highest BCUT2D eigenvalue weighted by Crippen LogP contribution is 2.20. The molecule has 2 rings (SSSR count). The summed E-state index contributed by atoms with van der Waals surface area (Å²) in [5, 5.41) is 2.52. The van der Waals surface area contributed by atoms with Crippen LogP contribution in [0, 0.1) is 17.6 Å². The second kappa shape index (κ2) is 5.44. The van der Waals surface area contributed by atoms with E-state index in [1.54, 1.807) is 0 Å². The van der Waals surface area contributed by atoms with Crippen molar-refractivity contribution >= 4 is 11.6 Å². The van der Waals surface area contributed by atoms with E-state index in [1.807, 2.05) is 7.05 Å². The Kier molecular flexibility index (Phi) is 3.91. The SMILES string of the molecule is CN1CCC(C(=O)Nc2ccc(F)cc2F)CC1. The Morgan fingerprint density at radius 2 is 2.00 bits per heavy atom. The zero-order chi connectivity index (χ0) is 13.1. The van der Waals surface area contributed by atoms with Crippen LogP contribution >= 0.6 is 0 Å². The summed E-state index contributed by atoms with van der Waals surface area (Å²) < 4.78 is 26.1. The summed E-state index contributed by atoms with van der Waals surface area (Å²) >= 11 is 0. The molecule has 1 aliphatic rings. The molecule has 1 N–H and O–H groups in total. The topological polar surface area (TPSA) is 32.3 Å². The van der Waals surface area contributed by atoms with Crippen LogP contribution in [0.3, 0.4) is 0 Å². The van der Waals surface area contributed by atoms with Gasteiger partial charge >= 0.3 is 0 Å². The fourth-order valence-corrected chi connectivity index (χ4v) is 2.10. The van der Waals surface area contributed by atoms with E-state index in [4.69, 9.17) is 0 Å². The van der Waals surface area contributed by atoms with Crippen molar-refractivity contribution in [1.29, 1.82) is 0 Å². The summed E-state index contributed by atoms with van der Waals surface area (Å²) in [4.78, 5) is 14.1. The van der Waals surface area contributed by atoms with Crippen LogP contribution in [0.25, 0.3) is 0 Å². The van der Waals surface area contributed by atoms with Crippen LogP contribution in [0.4, 0.5) is 14.5 Å². The summed E-state index contributed by atoms with van der Waals surface area (Å²) in [6, 6.07) is 3.15. The maximum atomic E-state index is 13.4. The highest BCUT2D eigenvalue weighted by molar-refractivity contribution is 5.92. The molecule has 0 spiro atoms. The molecule has 0 aliphatic carbocycles. The van der Waals surface area contributed by atoms with Crippen LogP contribution in [0.2, 0.25) is 0 Å². The zero-order valence-electron chi connectivity index (χ0n) is 10.2. The quantitative estimate of drug-likeness (QED) is 0.878. The van der Waals surface area contributed by atoms with Crippen LogP contribution in [0.1, 0.15) is 12.8 Å². The van der Waals surface area contributed by atoms with Gasteiger partial charge in [0.05, 0.1) is 5.69 Å². The van der Waals surface area contributed by atoms with E-state index in [9.17, 15) is 13.6 Å². The van der Waals surface area contributed by atoms with E-state index < -0.39 is 11.6 Å². The van der Waals surface area contributed by atoms with Crippen molar-refractivity contribution in [3.63, 3.8) is 0 Å². The molecule has 18 heavy (non-hydrogen) atoms. The van der Waals surface area contributed by atoms with Crippen molar-refractivity contribution in [2.75, 3.05) is 25.5 Å². The molecular formula is C13H16F2N2O. The van der Waals surface area contributed by atoms with Crippen LogP contribution in [-0.4, -0.2) is 30.9 Å². The first kappa shape index (κ1) is 13.0. The molecule has 1 aromatic rings. The maximum absolute atomic E-state index is 13.4. The molecule has 0 aromatic heterocycles. The fourth-order valence-electron chi connectivity index (χ4n) is 2.10. The number of piperidine rings is 1. The minimum Gasteiger partial charge on any atom is -0.323 e. The van der Waals surface area contributed by atoms with Crippen molar-refractivity contribution < 1.29 is 13.6 Å². The standard InChI is InChI=1S/C13H16F2N2O/c1-17-6-4-9(5-7-17)13(18)16-12-3-2-10(14)8-11(12)15/h2-3,8-9H,4-7H2,1H3,(H,16,18). The molecule has 1 amide bonds. The number of halogens is 2. The second-order valence-corrected chi connectivity index (χ2v) is 4.69. The van der Waals surface area contributed by atoms with E-state index >= 15 is 0 Å². The third-order valence-corrected chi connectivity index (χ3v) is 3.28. The van der Waals surface area contributed by atoms with Crippen molar-refractivity contribution in [1.82, 2.24) is 4.90 Å². The second-order valence-electron chi connectivity index (χ2n) is 4.69. The molecule has 0 bridgehead atoms. The lowest BCUT2D eigenvalue weighted by Crippen LogP contribution is -2.36. The van der Waals surface area contributed by atoms with Crippen molar-refractivity contribution in [2.24, 2.45) is 5.92 Å². The molecule has 0 saturated carbocycles. The first-order valence-corrected chi connectivity index (χ1v) is 6.00.